The third-order valence-corrected chi connectivity index (χ3v) is 5.28. The van der Waals surface area contributed by atoms with Crippen LogP contribution >= 0.6 is 0 Å². The van der Waals surface area contributed by atoms with Crippen LogP contribution in [0.4, 0.5) is 10.2 Å². The summed E-state index contributed by atoms with van der Waals surface area (Å²) in [5, 5.41) is 0. The van der Waals surface area contributed by atoms with Crippen LogP contribution in [-0.2, 0) is 4.79 Å². The van der Waals surface area contributed by atoms with Crippen molar-refractivity contribution in [3.63, 3.8) is 0 Å². The summed E-state index contributed by atoms with van der Waals surface area (Å²) in [6.07, 6.45) is 3.26. The van der Waals surface area contributed by atoms with Crippen molar-refractivity contribution in [2.75, 3.05) is 19.3 Å². The minimum absolute atomic E-state index is 0.000975. The Morgan fingerprint density at radius 3 is 2.76 bits per heavy atom. The number of rotatable bonds is 3. The van der Waals surface area contributed by atoms with Gasteiger partial charge in [0.2, 0.25) is 0 Å². The Bertz CT molecular complexity index is 1200. The van der Waals surface area contributed by atoms with E-state index in [1.807, 2.05) is 6.92 Å². The molecule has 0 unspecified atom stereocenters. The van der Waals surface area contributed by atoms with Crippen LogP contribution in [0.15, 0.2) is 57.3 Å². The average molecular weight is 451 g/mol. The molecule has 0 amide bonds. The monoisotopic (exact) mass is 450 g/mol. The van der Waals surface area contributed by atoms with E-state index in [1.165, 1.54) is 12.1 Å². The van der Waals surface area contributed by atoms with Gasteiger partial charge in [-0.1, -0.05) is 0 Å². The Hall–Kier alpha value is -4.01. The van der Waals surface area contributed by atoms with Crippen molar-refractivity contribution < 1.29 is 13.9 Å². The van der Waals surface area contributed by atoms with Gasteiger partial charge in [0, 0.05) is 60.4 Å². The number of ether oxygens (including phenoxy) is 1. The molecule has 0 saturated heterocycles. The van der Waals surface area contributed by atoms with E-state index in [1.54, 1.807) is 38.5 Å². The van der Waals surface area contributed by atoms with Crippen LogP contribution in [0.2, 0.25) is 0 Å². The molecule has 33 heavy (non-hydrogen) atoms. The van der Waals surface area contributed by atoms with E-state index in [2.05, 4.69) is 15.0 Å². The van der Waals surface area contributed by atoms with Crippen LogP contribution in [0.3, 0.4) is 0 Å². The van der Waals surface area contributed by atoms with Crippen LogP contribution in [0.1, 0.15) is 43.1 Å². The van der Waals surface area contributed by atoms with Crippen molar-refractivity contribution in [1.29, 1.82) is 0 Å². The van der Waals surface area contributed by atoms with Gasteiger partial charge in [-0.25, -0.2) is 9.37 Å². The molecule has 2 bridgehead atoms. The molecule has 1 atom stereocenters. The van der Waals surface area contributed by atoms with E-state index in [4.69, 9.17) is 21.9 Å². The van der Waals surface area contributed by atoms with Crippen molar-refractivity contribution >= 4 is 29.7 Å². The zero-order chi connectivity index (χ0) is 24.1. The van der Waals surface area contributed by atoms with E-state index < -0.39 is 11.9 Å². The van der Waals surface area contributed by atoms with Crippen LogP contribution in [0.25, 0.3) is 5.70 Å². The maximum atomic E-state index is 14.2. The molecule has 2 aromatic rings. The summed E-state index contributed by atoms with van der Waals surface area (Å²) >= 11 is 0. The highest BCUT2D eigenvalue weighted by atomic mass is 19.1. The first kappa shape index (κ1) is 23.6. The fourth-order valence-electron chi connectivity index (χ4n) is 3.69. The van der Waals surface area contributed by atoms with Gasteiger partial charge in [0.15, 0.2) is 17.9 Å². The molecule has 0 fully saturated rings. The van der Waals surface area contributed by atoms with Crippen LogP contribution < -0.4 is 21.9 Å². The fraction of sp³-hybridized carbons (Fsp3) is 0.250. The number of allylic oxidation sites excluding steroid dienone is 3. The van der Waals surface area contributed by atoms with Gasteiger partial charge in [0.1, 0.15) is 11.9 Å². The third kappa shape index (κ3) is 4.92. The molecule has 0 saturated carbocycles. The molecule has 0 aliphatic carbocycles. The molecule has 8 nitrogen and oxygen atoms in total. The number of hydrogen-bond acceptors (Lipinski definition) is 8. The molecule has 1 aromatic heterocycles. The lowest BCUT2D eigenvalue weighted by Crippen LogP contribution is -2.19. The quantitative estimate of drug-likeness (QED) is 0.373. The summed E-state index contributed by atoms with van der Waals surface area (Å²) in [6, 6.07) is 5.96. The first-order chi connectivity index (χ1) is 15.8. The number of nitrogen functional groups attached to an aromatic ring is 1. The predicted molar refractivity (Wildman–Crippen MR) is 129 cm³/mol. The number of halogens is 1. The van der Waals surface area contributed by atoms with E-state index in [9.17, 15) is 9.18 Å². The Kier molecular flexibility index (Phi) is 7.22. The van der Waals surface area contributed by atoms with Gasteiger partial charge < -0.3 is 21.9 Å². The Labute approximate surface area is 191 Å². The molecule has 0 spiro atoms. The summed E-state index contributed by atoms with van der Waals surface area (Å²) < 4.78 is 20.3. The number of hydrogen-bond donors (Lipinski definition) is 3. The molecular formula is C24H27FN6O2. The second kappa shape index (κ2) is 10.1. The molecule has 6 N–H and O–H groups in total. The zero-order valence-electron chi connectivity index (χ0n) is 18.8. The molecule has 1 aliphatic heterocycles. The van der Waals surface area contributed by atoms with Gasteiger partial charge in [0.05, 0.1) is 11.4 Å². The Balaban J connectivity index is 2.42. The van der Waals surface area contributed by atoms with Gasteiger partial charge in [0.25, 0.3) is 0 Å². The van der Waals surface area contributed by atoms with Crippen LogP contribution in [0.5, 0.6) is 5.75 Å². The molecule has 3 rings (SSSR count). The number of aromatic nitrogens is 1. The largest absolute Gasteiger partial charge is 0.482 e. The normalized spacial score (nSPS) is 21.7. The Morgan fingerprint density at radius 1 is 1.33 bits per heavy atom. The molecule has 1 aromatic carbocycles. The topological polar surface area (TPSA) is 142 Å². The van der Waals surface area contributed by atoms with E-state index in [0.717, 1.165) is 0 Å². The van der Waals surface area contributed by atoms with Gasteiger partial charge in [-0.05, 0) is 43.7 Å². The Morgan fingerprint density at radius 2 is 2.09 bits per heavy atom. The lowest BCUT2D eigenvalue weighted by atomic mass is 9.91. The SMILES string of the molecule is CCN=C1/C(=C(\N)C=O)C/C(C=NC)=C(/N)c2ccc(F)cc2[C@@H](C)Oc2cc1cnc2N. The first-order valence-electron chi connectivity index (χ1n) is 10.4. The summed E-state index contributed by atoms with van der Waals surface area (Å²) in [5.74, 6) is 0.0203. The summed E-state index contributed by atoms with van der Waals surface area (Å²) in [7, 11) is 1.61. The standard InChI is InChI=1S/C24H27FN6O2/c1-4-30-23-15-8-21(24(28)31-11-15)33-13(2)18-9-16(25)5-6-17(18)22(27)14(10-29-3)7-19(23)20(26)12-32/h5-6,8-13H,4,7,26-27H2,1-3H3,(H2,28,31)/b20-19-,22-14-,29-10?,30-23?/t13-/m1/s1. The lowest BCUT2D eigenvalue weighted by Gasteiger charge is -2.23. The third-order valence-electron chi connectivity index (χ3n) is 5.28. The molecule has 0 radical (unpaired) electrons. The minimum atomic E-state index is -0.602. The summed E-state index contributed by atoms with van der Waals surface area (Å²) in [5.41, 5.74) is 22.3. The number of nitrogens with two attached hydrogens (primary N) is 3. The number of pyridine rings is 1. The van der Waals surface area contributed by atoms with Gasteiger partial charge in [-0.3, -0.25) is 14.8 Å². The number of carbonyl (C=O) groups is 1. The van der Waals surface area contributed by atoms with Crippen molar-refractivity contribution in [1.82, 2.24) is 4.98 Å². The van der Waals surface area contributed by atoms with Gasteiger partial charge in [-0.15, -0.1) is 0 Å². The highest BCUT2D eigenvalue weighted by Gasteiger charge is 2.23. The molecular weight excluding hydrogens is 423 g/mol. The number of nitrogens with zero attached hydrogens (tertiary/aromatic N) is 3. The van der Waals surface area contributed by atoms with Crippen molar-refractivity contribution in [2.45, 2.75) is 26.4 Å². The molecule has 172 valence electrons. The fourth-order valence-corrected chi connectivity index (χ4v) is 3.69. The van der Waals surface area contributed by atoms with E-state index in [0.29, 0.717) is 57.8 Å². The zero-order valence-corrected chi connectivity index (χ0v) is 18.8. The van der Waals surface area contributed by atoms with Crippen LogP contribution in [-0.4, -0.2) is 36.8 Å². The average Bonchev–Trinajstić information content (AvgIpc) is 2.80. The van der Waals surface area contributed by atoms with E-state index >= 15 is 0 Å². The van der Waals surface area contributed by atoms with Gasteiger partial charge in [-0.2, -0.15) is 0 Å². The second-order valence-electron chi connectivity index (χ2n) is 7.48. The molecule has 2 heterocycles. The maximum absolute atomic E-state index is 14.2. The summed E-state index contributed by atoms with van der Waals surface area (Å²) in [4.78, 5) is 24.7. The van der Waals surface area contributed by atoms with E-state index in [-0.39, 0.29) is 17.9 Å². The second-order valence-corrected chi connectivity index (χ2v) is 7.48. The number of aldehydes is 1. The minimum Gasteiger partial charge on any atom is -0.482 e. The van der Waals surface area contributed by atoms with Crippen molar-refractivity contribution in [3.8, 4) is 5.75 Å². The number of benzene rings is 1. The smallest absolute Gasteiger partial charge is 0.166 e. The number of fused-ring (bicyclic) bond motifs is 3. The number of aliphatic imine (C=N–C) groups is 2. The molecule has 9 heteroatoms. The van der Waals surface area contributed by atoms with Crippen molar-refractivity contribution in [2.24, 2.45) is 21.5 Å². The summed E-state index contributed by atoms with van der Waals surface area (Å²) in [6.45, 7) is 4.07. The van der Waals surface area contributed by atoms with Crippen molar-refractivity contribution in [3.05, 3.63) is 69.8 Å². The van der Waals surface area contributed by atoms with Gasteiger partial charge >= 0.3 is 0 Å². The van der Waals surface area contributed by atoms with Crippen LogP contribution in [0, 0.1) is 5.82 Å². The first-order valence-corrected chi connectivity index (χ1v) is 10.4. The number of carbonyl (C=O) groups excluding carboxylic acids is 1. The maximum Gasteiger partial charge on any atom is 0.166 e. The number of anilines is 1. The lowest BCUT2D eigenvalue weighted by molar-refractivity contribution is -0.105. The predicted octanol–water partition coefficient (Wildman–Crippen LogP) is 2.94. The highest BCUT2D eigenvalue weighted by Crippen LogP contribution is 2.34. The highest BCUT2D eigenvalue weighted by molar-refractivity contribution is 6.16. The molecule has 1 aliphatic rings.